The highest BCUT2D eigenvalue weighted by atomic mass is 16.5. The van der Waals surface area contributed by atoms with Crippen molar-refractivity contribution in [3.63, 3.8) is 0 Å². The van der Waals surface area contributed by atoms with Gasteiger partial charge in [-0.15, -0.1) is 0 Å². The quantitative estimate of drug-likeness (QED) is 0.317. The molecule has 0 radical (unpaired) electrons. The lowest BCUT2D eigenvalue weighted by Gasteiger charge is -2.10. The zero-order chi connectivity index (χ0) is 24.9. The Morgan fingerprint density at radius 3 is 2.66 bits per heavy atom. The molecule has 10 nitrogen and oxygen atoms in total. The molecule has 1 amide bonds. The fraction of sp³-hybridized carbons (Fsp3) is 0.240. The van der Waals surface area contributed by atoms with Gasteiger partial charge in [-0.05, 0) is 31.2 Å². The molecule has 0 aliphatic heterocycles. The van der Waals surface area contributed by atoms with Crippen LogP contribution in [-0.4, -0.2) is 28.2 Å². The van der Waals surface area contributed by atoms with E-state index in [1.54, 1.807) is 50.4 Å². The van der Waals surface area contributed by atoms with Crippen LogP contribution in [0.15, 0.2) is 62.5 Å². The number of carbonyl (C=O) groups is 2. The third kappa shape index (κ3) is 5.37. The van der Waals surface area contributed by atoms with Gasteiger partial charge in [-0.2, -0.15) is 0 Å². The van der Waals surface area contributed by atoms with E-state index in [4.69, 9.17) is 13.9 Å². The first-order chi connectivity index (χ1) is 16.9. The van der Waals surface area contributed by atoms with Crippen molar-refractivity contribution in [1.29, 1.82) is 0 Å². The van der Waals surface area contributed by atoms with Crippen molar-refractivity contribution >= 4 is 39.6 Å². The molecule has 2 aromatic heterocycles. The molecule has 0 fully saturated rings. The van der Waals surface area contributed by atoms with E-state index in [0.717, 1.165) is 0 Å². The summed E-state index contributed by atoms with van der Waals surface area (Å²) >= 11 is 0. The predicted octanol–water partition coefficient (Wildman–Crippen LogP) is 3.28. The molecule has 2 aromatic carbocycles. The Morgan fingerprint density at radius 1 is 1.06 bits per heavy atom. The first-order valence-corrected chi connectivity index (χ1v) is 11.0. The Labute approximate surface area is 199 Å². The first kappa shape index (κ1) is 23.7. The van der Waals surface area contributed by atoms with Crippen LogP contribution in [-0.2, 0) is 34.3 Å². The maximum absolute atomic E-state index is 12.5. The molecule has 0 aliphatic rings. The summed E-state index contributed by atoms with van der Waals surface area (Å²) in [6.45, 7) is 1.76. The third-order valence-electron chi connectivity index (χ3n) is 5.37. The Bertz CT molecular complexity index is 1540. The van der Waals surface area contributed by atoms with Gasteiger partial charge in [0, 0.05) is 42.2 Å². The number of nitrogens with zero attached hydrogens (tertiary/aromatic N) is 2. The number of fused-ring (bicyclic) bond motifs is 2. The van der Waals surface area contributed by atoms with E-state index in [1.807, 2.05) is 0 Å². The van der Waals surface area contributed by atoms with Crippen LogP contribution in [0.1, 0.15) is 24.7 Å². The minimum absolute atomic E-state index is 0.00556. The standard InChI is InChI=1S/C25H23N3O7/c1-3-33-25(32)26-16-8-9-17-15(12-23(30)35-20(17)13-16)14-34-22(29)11-10-21-27-19-7-5-4-6-18(19)24(31)28(21)2/h4-9,12-13H,3,10-11,14H2,1-2H3,(H,26,32). The Hall–Kier alpha value is -4.47. The zero-order valence-electron chi connectivity index (χ0n) is 19.2. The molecule has 0 aliphatic carbocycles. The second-order valence-corrected chi connectivity index (χ2v) is 7.72. The number of esters is 1. The Balaban J connectivity index is 1.44. The van der Waals surface area contributed by atoms with Crippen molar-refractivity contribution in [3.05, 3.63) is 80.7 Å². The van der Waals surface area contributed by atoms with Crippen LogP contribution in [0, 0.1) is 0 Å². The number of para-hydroxylation sites is 1. The van der Waals surface area contributed by atoms with Gasteiger partial charge < -0.3 is 13.9 Å². The van der Waals surface area contributed by atoms with Gasteiger partial charge >= 0.3 is 17.7 Å². The van der Waals surface area contributed by atoms with E-state index in [1.165, 1.54) is 16.7 Å². The van der Waals surface area contributed by atoms with Crippen molar-refractivity contribution in [2.75, 3.05) is 11.9 Å². The lowest BCUT2D eigenvalue weighted by atomic mass is 10.1. The van der Waals surface area contributed by atoms with Crippen LogP contribution >= 0.6 is 0 Å². The summed E-state index contributed by atoms with van der Waals surface area (Å²) in [5.74, 6) is -0.0347. The summed E-state index contributed by atoms with van der Waals surface area (Å²) in [5.41, 5.74) is 0.849. The number of aromatic nitrogens is 2. The average molecular weight is 477 g/mol. The molecular formula is C25H23N3O7. The van der Waals surface area contributed by atoms with Crippen molar-refractivity contribution in [2.24, 2.45) is 7.05 Å². The molecule has 4 rings (SSSR count). The molecular weight excluding hydrogens is 454 g/mol. The Kier molecular flexibility index (Phi) is 6.91. The van der Waals surface area contributed by atoms with Gasteiger partial charge in [0.15, 0.2) is 0 Å². The number of aryl methyl sites for hydroxylation is 1. The van der Waals surface area contributed by atoms with E-state index in [-0.39, 0.29) is 37.2 Å². The molecule has 1 N–H and O–H groups in total. The largest absolute Gasteiger partial charge is 0.461 e. The van der Waals surface area contributed by atoms with Crippen molar-refractivity contribution in [3.8, 4) is 0 Å². The number of hydrogen-bond acceptors (Lipinski definition) is 8. The number of rotatable bonds is 7. The van der Waals surface area contributed by atoms with E-state index >= 15 is 0 Å². The molecule has 180 valence electrons. The predicted molar refractivity (Wildman–Crippen MR) is 128 cm³/mol. The number of carbonyl (C=O) groups excluding carboxylic acids is 2. The number of anilines is 1. The van der Waals surface area contributed by atoms with Crippen molar-refractivity contribution in [2.45, 2.75) is 26.4 Å². The average Bonchev–Trinajstić information content (AvgIpc) is 2.83. The third-order valence-corrected chi connectivity index (χ3v) is 5.37. The van der Waals surface area contributed by atoms with Crippen LogP contribution in [0.25, 0.3) is 21.9 Å². The number of hydrogen-bond donors (Lipinski definition) is 1. The second kappa shape index (κ2) is 10.2. The summed E-state index contributed by atoms with van der Waals surface area (Å²) in [4.78, 5) is 53.0. The van der Waals surface area contributed by atoms with E-state index < -0.39 is 17.7 Å². The minimum Gasteiger partial charge on any atom is -0.461 e. The lowest BCUT2D eigenvalue weighted by Crippen LogP contribution is -2.23. The highest BCUT2D eigenvalue weighted by Crippen LogP contribution is 2.22. The monoisotopic (exact) mass is 477 g/mol. The minimum atomic E-state index is -0.627. The van der Waals surface area contributed by atoms with E-state index in [9.17, 15) is 19.2 Å². The molecule has 0 unspecified atom stereocenters. The van der Waals surface area contributed by atoms with Crippen LogP contribution in [0.5, 0.6) is 0 Å². The highest BCUT2D eigenvalue weighted by molar-refractivity contribution is 5.90. The van der Waals surface area contributed by atoms with E-state index in [2.05, 4.69) is 10.3 Å². The van der Waals surface area contributed by atoms with Gasteiger partial charge in [-0.1, -0.05) is 12.1 Å². The molecule has 0 saturated carbocycles. The summed E-state index contributed by atoms with van der Waals surface area (Å²) in [5, 5.41) is 3.61. The molecule has 0 bridgehead atoms. The fourth-order valence-electron chi connectivity index (χ4n) is 3.64. The maximum Gasteiger partial charge on any atom is 0.411 e. The zero-order valence-corrected chi connectivity index (χ0v) is 19.2. The molecule has 4 aromatic rings. The van der Waals surface area contributed by atoms with Crippen LogP contribution < -0.4 is 16.5 Å². The summed E-state index contributed by atoms with van der Waals surface area (Å²) in [7, 11) is 1.61. The van der Waals surface area contributed by atoms with Gasteiger partial charge in [-0.3, -0.25) is 19.5 Å². The second-order valence-electron chi connectivity index (χ2n) is 7.72. The highest BCUT2D eigenvalue weighted by Gasteiger charge is 2.13. The lowest BCUT2D eigenvalue weighted by molar-refractivity contribution is -0.144. The molecule has 0 atom stereocenters. The normalized spacial score (nSPS) is 10.9. The molecule has 0 saturated heterocycles. The SMILES string of the molecule is CCOC(=O)Nc1ccc2c(COC(=O)CCc3nc4ccccc4c(=O)n3C)cc(=O)oc2c1. The maximum atomic E-state index is 12.5. The summed E-state index contributed by atoms with van der Waals surface area (Å²) in [6.07, 6.45) is -0.403. The van der Waals surface area contributed by atoms with Crippen molar-refractivity contribution in [1.82, 2.24) is 9.55 Å². The van der Waals surface area contributed by atoms with Gasteiger partial charge in [-0.25, -0.2) is 14.6 Å². The van der Waals surface area contributed by atoms with Crippen LogP contribution in [0.3, 0.4) is 0 Å². The molecule has 35 heavy (non-hydrogen) atoms. The molecule has 0 spiro atoms. The smallest absolute Gasteiger partial charge is 0.411 e. The fourth-order valence-corrected chi connectivity index (χ4v) is 3.64. The number of nitrogens with one attached hydrogen (secondary N) is 1. The summed E-state index contributed by atoms with van der Waals surface area (Å²) < 4.78 is 16.9. The van der Waals surface area contributed by atoms with Crippen LogP contribution in [0.4, 0.5) is 10.5 Å². The molecule has 2 heterocycles. The first-order valence-electron chi connectivity index (χ1n) is 11.0. The topological polar surface area (TPSA) is 130 Å². The number of amides is 1. The van der Waals surface area contributed by atoms with Crippen LogP contribution in [0.2, 0.25) is 0 Å². The van der Waals surface area contributed by atoms with Crippen molar-refractivity contribution < 1.29 is 23.5 Å². The number of ether oxygens (including phenoxy) is 2. The van der Waals surface area contributed by atoms with Gasteiger partial charge in [0.05, 0.1) is 23.9 Å². The van der Waals surface area contributed by atoms with Gasteiger partial charge in [0.25, 0.3) is 5.56 Å². The number of benzene rings is 2. The van der Waals surface area contributed by atoms with E-state index in [0.29, 0.717) is 33.4 Å². The Morgan fingerprint density at radius 2 is 1.86 bits per heavy atom. The molecule has 10 heteroatoms. The van der Waals surface area contributed by atoms with Gasteiger partial charge in [0.2, 0.25) is 0 Å². The van der Waals surface area contributed by atoms with Gasteiger partial charge in [0.1, 0.15) is 18.0 Å². The summed E-state index contributed by atoms with van der Waals surface area (Å²) in [6, 6.07) is 13.0.